The standard InChI is InChI=1S/C25H27FN2O2/c1-3-4-5-6-7-8-16-30-23-11-9-10-22(24(23)26)28-25(29)20-14-15-21-19(17-20)13-12-18(2)27-21/h3,9-15,17H,1,4-8,16H2,2H3,(H,28,29). The molecule has 4 nitrogen and oxygen atoms in total. The molecule has 30 heavy (non-hydrogen) atoms. The Hall–Kier alpha value is -3.21. The summed E-state index contributed by atoms with van der Waals surface area (Å²) in [6.07, 6.45) is 7.05. The average Bonchev–Trinajstić information content (AvgIpc) is 2.75. The lowest BCUT2D eigenvalue weighted by atomic mass is 10.1. The molecule has 1 heterocycles. The Bertz CT molecular complexity index is 1030. The van der Waals surface area contributed by atoms with E-state index in [2.05, 4.69) is 16.9 Å². The molecule has 0 unspecified atom stereocenters. The topological polar surface area (TPSA) is 51.2 Å². The van der Waals surface area contributed by atoms with Crippen molar-refractivity contribution < 1.29 is 13.9 Å². The molecular formula is C25H27FN2O2. The Morgan fingerprint density at radius 3 is 2.80 bits per heavy atom. The van der Waals surface area contributed by atoms with Crippen LogP contribution in [0.3, 0.4) is 0 Å². The minimum Gasteiger partial charge on any atom is -0.490 e. The van der Waals surface area contributed by atoms with E-state index in [1.165, 1.54) is 6.07 Å². The number of aryl methyl sites for hydroxylation is 1. The van der Waals surface area contributed by atoms with Crippen molar-refractivity contribution >= 4 is 22.5 Å². The number of carbonyl (C=O) groups is 1. The molecule has 1 N–H and O–H groups in total. The van der Waals surface area contributed by atoms with Crippen molar-refractivity contribution in [3.8, 4) is 5.75 Å². The van der Waals surface area contributed by atoms with Crippen LogP contribution in [0.5, 0.6) is 5.75 Å². The summed E-state index contributed by atoms with van der Waals surface area (Å²) in [5.41, 5.74) is 2.27. The molecule has 1 aromatic heterocycles. The van der Waals surface area contributed by atoms with Gasteiger partial charge in [-0.3, -0.25) is 9.78 Å². The van der Waals surface area contributed by atoms with Crippen molar-refractivity contribution in [2.24, 2.45) is 0 Å². The second-order valence-corrected chi connectivity index (χ2v) is 7.27. The zero-order valence-electron chi connectivity index (χ0n) is 17.3. The molecule has 3 aromatic rings. The quantitative estimate of drug-likeness (QED) is 0.311. The van der Waals surface area contributed by atoms with Gasteiger partial charge in [0, 0.05) is 16.6 Å². The summed E-state index contributed by atoms with van der Waals surface area (Å²) in [5.74, 6) is -0.789. The van der Waals surface area contributed by atoms with E-state index in [1.807, 2.05) is 25.1 Å². The highest BCUT2D eigenvalue weighted by Gasteiger charge is 2.14. The van der Waals surface area contributed by atoms with E-state index in [0.29, 0.717) is 12.2 Å². The third-order valence-electron chi connectivity index (χ3n) is 4.86. The van der Waals surface area contributed by atoms with E-state index in [-0.39, 0.29) is 17.3 Å². The van der Waals surface area contributed by atoms with Gasteiger partial charge in [-0.25, -0.2) is 4.39 Å². The van der Waals surface area contributed by atoms with Crippen LogP contribution in [0, 0.1) is 12.7 Å². The molecule has 0 radical (unpaired) electrons. The van der Waals surface area contributed by atoms with Gasteiger partial charge in [0.15, 0.2) is 11.6 Å². The molecular weight excluding hydrogens is 379 g/mol. The lowest BCUT2D eigenvalue weighted by molar-refractivity contribution is 0.102. The number of rotatable bonds is 10. The fourth-order valence-corrected chi connectivity index (χ4v) is 3.21. The van der Waals surface area contributed by atoms with E-state index >= 15 is 0 Å². The average molecular weight is 407 g/mol. The van der Waals surface area contributed by atoms with Crippen molar-refractivity contribution in [2.45, 2.75) is 39.0 Å². The van der Waals surface area contributed by atoms with E-state index in [0.717, 1.165) is 48.7 Å². The van der Waals surface area contributed by atoms with Gasteiger partial charge in [0.2, 0.25) is 0 Å². The number of hydrogen-bond acceptors (Lipinski definition) is 3. The van der Waals surface area contributed by atoms with Crippen molar-refractivity contribution in [1.29, 1.82) is 0 Å². The maximum atomic E-state index is 14.8. The molecule has 0 saturated heterocycles. The first kappa shape index (κ1) is 21.5. The Labute approximate surface area is 176 Å². The molecule has 3 rings (SSSR count). The molecule has 0 aliphatic carbocycles. The molecule has 156 valence electrons. The number of pyridine rings is 1. The number of aromatic nitrogens is 1. The SMILES string of the molecule is C=CCCCCCCOc1cccc(NC(=O)c2ccc3nc(C)ccc3c2)c1F. The number of hydrogen-bond donors (Lipinski definition) is 1. The third-order valence-corrected chi connectivity index (χ3v) is 4.86. The van der Waals surface area contributed by atoms with Gasteiger partial charge in [0.05, 0.1) is 17.8 Å². The van der Waals surface area contributed by atoms with E-state index < -0.39 is 5.82 Å². The first-order valence-corrected chi connectivity index (χ1v) is 10.3. The number of amides is 1. The minimum atomic E-state index is -0.560. The lowest BCUT2D eigenvalue weighted by Gasteiger charge is -2.11. The highest BCUT2D eigenvalue weighted by atomic mass is 19.1. The predicted octanol–water partition coefficient (Wildman–Crippen LogP) is 6.45. The largest absolute Gasteiger partial charge is 0.490 e. The third kappa shape index (κ3) is 5.66. The van der Waals surface area contributed by atoms with Gasteiger partial charge in [0.1, 0.15) is 0 Å². The summed E-state index contributed by atoms with van der Waals surface area (Å²) in [7, 11) is 0. The summed E-state index contributed by atoms with van der Waals surface area (Å²) in [6, 6.07) is 13.8. The van der Waals surface area contributed by atoms with Crippen LogP contribution >= 0.6 is 0 Å². The van der Waals surface area contributed by atoms with Crippen LogP contribution in [0.15, 0.2) is 61.2 Å². The van der Waals surface area contributed by atoms with E-state index in [4.69, 9.17) is 4.74 Å². The summed E-state index contributed by atoms with van der Waals surface area (Å²) < 4.78 is 20.3. The number of fused-ring (bicyclic) bond motifs is 1. The van der Waals surface area contributed by atoms with Gasteiger partial charge in [-0.1, -0.05) is 31.1 Å². The number of allylic oxidation sites excluding steroid dienone is 1. The molecule has 0 aliphatic rings. The smallest absolute Gasteiger partial charge is 0.255 e. The second-order valence-electron chi connectivity index (χ2n) is 7.27. The van der Waals surface area contributed by atoms with Crippen LogP contribution in [-0.4, -0.2) is 17.5 Å². The number of nitrogens with zero attached hydrogens (tertiary/aromatic N) is 1. The van der Waals surface area contributed by atoms with Crippen LogP contribution in [0.2, 0.25) is 0 Å². The Balaban J connectivity index is 1.61. The van der Waals surface area contributed by atoms with Crippen LogP contribution in [0.25, 0.3) is 10.9 Å². The maximum absolute atomic E-state index is 14.8. The molecule has 0 bridgehead atoms. The fourth-order valence-electron chi connectivity index (χ4n) is 3.21. The monoisotopic (exact) mass is 406 g/mol. The predicted molar refractivity (Wildman–Crippen MR) is 120 cm³/mol. The number of carbonyl (C=O) groups excluding carboxylic acids is 1. The Morgan fingerprint density at radius 2 is 1.97 bits per heavy atom. The zero-order chi connectivity index (χ0) is 21.3. The van der Waals surface area contributed by atoms with Crippen molar-refractivity contribution in [3.05, 3.63) is 78.3 Å². The molecule has 0 atom stereocenters. The van der Waals surface area contributed by atoms with E-state index in [1.54, 1.807) is 30.3 Å². The van der Waals surface area contributed by atoms with E-state index in [9.17, 15) is 9.18 Å². The second kappa shape index (κ2) is 10.5. The van der Waals surface area contributed by atoms with Gasteiger partial charge in [-0.05, 0) is 62.6 Å². The van der Waals surface area contributed by atoms with Gasteiger partial charge in [-0.2, -0.15) is 0 Å². The number of ether oxygens (including phenoxy) is 1. The summed E-state index contributed by atoms with van der Waals surface area (Å²) >= 11 is 0. The van der Waals surface area contributed by atoms with Gasteiger partial charge in [-0.15, -0.1) is 6.58 Å². The van der Waals surface area contributed by atoms with Gasteiger partial charge in [0.25, 0.3) is 5.91 Å². The first-order valence-electron chi connectivity index (χ1n) is 10.3. The Kier molecular flexibility index (Phi) is 7.55. The highest BCUT2D eigenvalue weighted by molar-refractivity contribution is 6.06. The fraction of sp³-hybridized carbons (Fsp3) is 0.280. The summed E-state index contributed by atoms with van der Waals surface area (Å²) in [4.78, 5) is 17.1. The van der Waals surface area contributed by atoms with Crippen molar-refractivity contribution in [1.82, 2.24) is 4.98 Å². The van der Waals surface area contributed by atoms with Gasteiger partial charge >= 0.3 is 0 Å². The van der Waals surface area contributed by atoms with Crippen LogP contribution in [0.1, 0.15) is 48.2 Å². The minimum absolute atomic E-state index is 0.102. The molecule has 5 heteroatoms. The molecule has 0 aliphatic heterocycles. The summed E-state index contributed by atoms with van der Waals surface area (Å²) in [6.45, 7) is 6.07. The molecule has 0 fully saturated rings. The zero-order valence-corrected chi connectivity index (χ0v) is 17.3. The molecule has 0 spiro atoms. The first-order chi connectivity index (χ1) is 14.6. The van der Waals surface area contributed by atoms with Crippen LogP contribution < -0.4 is 10.1 Å². The van der Waals surface area contributed by atoms with Crippen molar-refractivity contribution in [2.75, 3.05) is 11.9 Å². The molecule has 0 saturated carbocycles. The molecule has 1 amide bonds. The number of nitrogens with one attached hydrogen (secondary N) is 1. The normalized spacial score (nSPS) is 10.7. The highest BCUT2D eigenvalue weighted by Crippen LogP contribution is 2.25. The lowest BCUT2D eigenvalue weighted by Crippen LogP contribution is -2.13. The van der Waals surface area contributed by atoms with Crippen molar-refractivity contribution in [3.63, 3.8) is 0 Å². The Morgan fingerprint density at radius 1 is 1.13 bits per heavy atom. The maximum Gasteiger partial charge on any atom is 0.255 e. The van der Waals surface area contributed by atoms with Crippen LogP contribution in [-0.2, 0) is 0 Å². The number of unbranched alkanes of at least 4 members (excludes halogenated alkanes) is 4. The van der Waals surface area contributed by atoms with Gasteiger partial charge < -0.3 is 10.1 Å². The number of benzene rings is 2. The summed E-state index contributed by atoms with van der Waals surface area (Å²) in [5, 5.41) is 3.50. The molecule has 2 aromatic carbocycles. The van der Waals surface area contributed by atoms with Crippen LogP contribution in [0.4, 0.5) is 10.1 Å². The number of anilines is 1. The number of halogens is 1.